The Labute approximate surface area is 269 Å². The summed E-state index contributed by atoms with van der Waals surface area (Å²) in [5.41, 5.74) is 8.61. The molecule has 0 fully saturated rings. The molecular weight excluding hydrogens is 785 g/mol. The first kappa shape index (κ1) is 35.2. The number of rotatable bonds is 5. The molecule has 4 aromatic rings. The molecule has 1 amide bonds. The van der Waals surface area contributed by atoms with Crippen LogP contribution in [0.2, 0.25) is 0 Å². The van der Waals surface area contributed by atoms with Gasteiger partial charge < -0.3 is 23.5 Å². The van der Waals surface area contributed by atoms with E-state index in [1.807, 2.05) is 51.2 Å². The molecule has 0 aliphatic rings. The smallest absolute Gasteiger partial charge is 0.259 e. The molecular formula is C26H25Cl2I2N6O4-. The summed E-state index contributed by atoms with van der Waals surface area (Å²) in [5.74, 6) is -0.346. The third-order valence-corrected chi connectivity index (χ3v) is 6.72. The second-order valence-electron chi connectivity index (χ2n) is 7.99. The summed E-state index contributed by atoms with van der Waals surface area (Å²) in [6.45, 7) is 2.98. The van der Waals surface area contributed by atoms with E-state index in [4.69, 9.17) is 17.3 Å². The van der Waals surface area contributed by atoms with Crippen LogP contribution in [-0.4, -0.2) is 42.3 Å². The van der Waals surface area contributed by atoms with Crippen molar-refractivity contribution >= 4 is 90.9 Å². The van der Waals surface area contributed by atoms with Crippen molar-refractivity contribution in [2.24, 2.45) is 14.1 Å². The Hall–Kier alpha value is -2.82. The van der Waals surface area contributed by atoms with E-state index >= 15 is 0 Å². The third kappa shape index (κ3) is 10.3. The highest BCUT2D eigenvalue weighted by atomic mass is 127. The van der Waals surface area contributed by atoms with Gasteiger partial charge in [-0.3, -0.25) is 28.5 Å². The summed E-state index contributed by atoms with van der Waals surface area (Å²) in [4.78, 5) is 45.0. The number of carbonyl (C=O) groups is 4. The van der Waals surface area contributed by atoms with Crippen molar-refractivity contribution < 1.29 is 31.6 Å². The molecule has 0 unspecified atom stereocenters. The van der Waals surface area contributed by atoms with Gasteiger partial charge in [-0.05, 0) is 94.9 Å². The topological polar surface area (TPSA) is 142 Å². The number of para-hydroxylation sites is 2. The first-order chi connectivity index (χ1) is 18.3. The Balaban J connectivity index is 0.000000324. The molecule has 212 valence electrons. The summed E-state index contributed by atoms with van der Waals surface area (Å²) in [6.07, 6.45) is 3.24. The van der Waals surface area contributed by atoms with Crippen LogP contribution >= 0.6 is 56.8 Å². The van der Waals surface area contributed by atoms with Crippen LogP contribution < -0.4 is 23.5 Å². The minimum absolute atomic E-state index is 0. The average Bonchev–Trinajstić information content (AvgIpc) is 3.39. The van der Waals surface area contributed by atoms with Gasteiger partial charge in [0.15, 0.2) is 11.6 Å². The Morgan fingerprint density at radius 2 is 1.23 bits per heavy atom. The molecule has 0 spiro atoms. The molecule has 0 radical (unpaired) electrons. The van der Waals surface area contributed by atoms with E-state index in [0.717, 1.165) is 0 Å². The predicted molar refractivity (Wildman–Crippen MR) is 167 cm³/mol. The maximum atomic E-state index is 12.1. The Kier molecular flexibility index (Phi) is 14.5. The summed E-state index contributed by atoms with van der Waals surface area (Å²) in [6, 6.07) is 14.0. The minimum atomic E-state index is -0.461. The van der Waals surface area contributed by atoms with Crippen LogP contribution in [0.3, 0.4) is 0 Å². The molecule has 2 aromatic carbocycles. The van der Waals surface area contributed by atoms with Crippen LogP contribution in [0.5, 0.6) is 0 Å². The molecule has 3 N–H and O–H groups in total. The first-order valence-corrected chi connectivity index (χ1v) is 13.7. The van der Waals surface area contributed by atoms with Crippen molar-refractivity contribution in [2.45, 2.75) is 13.8 Å². The van der Waals surface area contributed by atoms with Crippen molar-refractivity contribution in [3.05, 3.63) is 90.6 Å². The molecule has 0 atom stereocenters. The van der Waals surface area contributed by atoms with Crippen molar-refractivity contribution in [1.29, 1.82) is 0 Å². The van der Waals surface area contributed by atoms with Crippen LogP contribution in [0, 0.1) is 7.40 Å². The highest BCUT2D eigenvalue weighted by Gasteiger charge is 2.16. The van der Waals surface area contributed by atoms with Crippen LogP contribution in [0.1, 0.15) is 55.3 Å². The normalized spacial score (nSPS) is 9.68. The van der Waals surface area contributed by atoms with E-state index in [1.54, 1.807) is 78.3 Å². The SMILES string of the molecule is CC(=O)c1ccccc1N.CC(=O)c1ccccc1NC(=O)c1cn(C)nc1I.Cn1cc(C(=O)Cl)c(I)n1.[Cl-]. The fourth-order valence-electron chi connectivity index (χ4n) is 3.11. The van der Waals surface area contributed by atoms with Crippen molar-refractivity contribution in [2.75, 3.05) is 11.1 Å². The number of ketones is 2. The van der Waals surface area contributed by atoms with Crippen LogP contribution in [0.15, 0.2) is 60.9 Å². The van der Waals surface area contributed by atoms with E-state index in [-0.39, 0.29) is 29.9 Å². The van der Waals surface area contributed by atoms with Gasteiger partial charge in [-0.1, -0.05) is 24.3 Å². The molecule has 0 aliphatic heterocycles. The maximum Gasteiger partial charge on any atom is 0.259 e. The van der Waals surface area contributed by atoms with Gasteiger partial charge in [0.25, 0.3) is 11.1 Å². The molecule has 2 heterocycles. The first-order valence-electron chi connectivity index (χ1n) is 11.2. The number of hydrogen-bond acceptors (Lipinski definition) is 7. The summed E-state index contributed by atoms with van der Waals surface area (Å²) in [5, 5.41) is 10.3. The quantitative estimate of drug-likeness (QED) is 0.137. The second-order valence-corrected chi connectivity index (χ2v) is 10.4. The lowest BCUT2D eigenvalue weighted by molar-refractivity contribution is -0.0000379. The number of Topliss-reactive ketones (excluding diaryl/α,β-unsaturated/α-hetero) is 2. The number of carbonyl (C=O) groups excluding carboxylic acids is 4. The molecule has 0 saturated carbocycles. The fraction of sp³-hybridized carbons (Fsp3) is 0.154. The molecule has 0 saturated heterocycles. The molecule has 40 heavy (non-hydrogen) atoms. The van der Waals surface area contributed by atoms with Gasteiger partial charge in [-0.15, -0.1) is 0 Å². The van der Waals surface area contributed by atoms with Gasteiger partial charge >= 0.3 is 0 Å². The lowest BCUT2D eigenvalue weighted by atomic mass is 10.1. The van der Waals surface area contributed by atoms with Gasteiger partial charge in [-0.25, -0.2) is 0 Å². The van der Waals surface area contributed by atoms with Gasteiger partial charge in [0.2, 0.25) is 0 Å². The molecule has 4 rings (SSSR count). The van der Waals surface area contributed by atoms with Crippen LogP contribution in [0.4, 0.5) is 11.4 Å². The number of aryl methyl sites for hydroxylation is 2. The van der Waals surface area contributed by atoms with E-state index in [1.165, 1.54) is 13.8 Å². The number of nitrogens with two attached hydrogens (primary N) is 1. The van der Waals surface area contributed by atoms with Crippen molar-refractivity contribution in [3.8, 4) is 0 Å². The van der Waals surface area contributed by atoms with E-state index in [0.29, 0.717) is 41.0 Å². The lowest BCUT2D eigenvalue weighted by Gasteiger charge is -2.08. The average molecular weight is 810 g/mol. The molecule has 14 heteroatoms. The number of hydrogen-bond donors (Lipinski definition) is 2. The Morgan fingerprint density at radius 1 is 0.775 bits per heavy atom. The highest BCUT2D eigenvalue weighted by molar-refractivity contribution is 14.1. The number of halogens is 4. The van der Waals surface area contributed by atoms with Gasteiger partial charge in [0.1, 0.15) is 7.40 Å². The highest BCUT2D eigenvalue weighted by Crippen LogP contribution is 2.18. The van der Waals surface area contributed by atoms with Crippen molar-refractivity contribution in [3.63, 3.8) is 0 Å². The zero-order chi connectivity index (χ0) is 29.3. The monoisotopic (exact) mass is 809 g/mol. The molecule has 0 aliphatic carbocycles. The van der Waals surface area contributed by atoms with Gasteiger partial charge in [-0.2, -0.15) is 10.2 Å². The largest absolute Gasteiger partial charge is 1.00 e. The zero-order valence-electron chi connectivity index (χ0n) is 21.8. The standard InChI is InChI=1S/C13H12IN3O2.C8H9NO.C5H4ClIN2O.ClH/c1-8(18)9-5-3-4-6-11(9)15-13(19)10-7-17(2)16-12(10)14;1-6(10)7-4-2-3-5-8(7)9;1-9-2-3(4(6)10)5(7)8-9;/h3-7H,1-2H3,(H,15,19);2-5H,9H2,1H3;2H,1H3;1H/p-1. The Bertz CT molecular complexity index is 1520. The van der Waals surface area contributed by atoms with E-state index < -0.39 is 5.24 Å². The van der Waals surface area contributed by atoms with Crippen LogP contribution in [-0.2, 0) is 14.1 Å². The maximum absolute atomic E-state index is 12.1. The fourth-order valence-corrected chi connectivity index (χ4v) is 4.86. The summed E-state index contributed by atoms with van der Waals surface area (Å²) in [7, 11) is 3.49. The number of nitrogens with zero attached hydrogens (tertiary/aromatic N) is 4. The number of anilines is 2. The Morgan fingerprint density at radius 3 is 1.60 bits per heavy atom. The number of amides is 1. The number of aromatic nitrogens is 4. The minimum Gasteiger partial charge on any atom is -1.00 e. The number of benzene rings is 2. The molecule has 2 aromatic heterocycles. The summed E-state index contributed by atoms with van der Waals surface area (Å²) < 4.78 is 4.39. The number of nitrogen functional groups attached to an aromatic ring is 1. The third-order valence-electron chi connectivity index (χ3n) is 4.92. The summed E-state index contributed by atoms with van der Waals surface area (Å²) >= 11 is 9.19. The van der Waals surface area contributed by atoms with E-state index in [2.05, 4.69) is 15.5 Å². The number of nitrogens with one attached hydrogen (secondary N) is 1. The van der Waals surface area contributed by atoms with E-state index in [9.17, 15) is 19.2 Å². The molecule has 0 bridgehead atoms. The van der Waals surface area contributed by atoms with Crippen LogP contribution in [0.25, 0.3) is 0 Å². The van der Waals surface area contributed by atoms with Crippen molar-refractivity contribution in [1.82, 2.24) is 19.6 Å². The van der Waals surface area contributed by atoms with Gasteiger partial charge in [0.05, 0.1) is 16.8 Å². The van der Waals surface area contributed by atoms with Gasteiger partial charge in [0, 0.05) is 43.3 Å². The zero-order valence-corrected chi connectivity index (χ0v) is 27.6. The second kappa shape index (κ2) is 16.4. The predicted octanol–water partition coefficient (Wildman–Crippen LogP) is 2.36. The lowest BCUT2D eigenvalue weighted by Crippen LogP contribution is -3.00. The molecule has 10 nitrogen and oxygen atoms in total.